The van der Waals surface area contributed by atoms with E-state index in [0.717, 1.165) is 18.2 Å². The van der Waals surface area contributed by atoms with Gasteiger partial charge in [-0.05, 0) is 42.5 Å². The van der Waals surface area contributed by atoms with Crippen molar-refractivity contribution in [2.45, 2.75) is 6.36 Å². The van der Waals surface area contributed by atoms with Gasteiger partial charge in [0, 0.05) is 12.1 Å². The first-order valence-corrected chi connectivity index (χ1v) is 7.99. The van der Waals surface area contributed by atoms with E-state index in [4.69, 9.17) is 9.47 Å². The number of nitro benzene ring substituents is 1. The molecule has 0 heterocycles. The average molecular weight is 407 g/mol. The molecule has 150 valence electrons. The smallest absolute Gasteiger partial charge is 0.504 e. The molecule has 3 aromatic carbocycles. The number of phenols is 1. The van der Waals surface area contributed by atoms with Crippen LogP contribution in [0, 0.1) is 10.1 Å². The largest absolute Gasteiger partial charge is 0.573 e. The molecule has 0 aliphatic rings. The lowest BCUT2D eigenvalue weighted by molar-refractivity contribution is -0.385. The second kappa shape index (κ2) is 7.97. The summed E-state index contributed by atoms with van der Waals surface area (Å²) >= 11 is 0. The van der Waals surface area contributed by atoms with Gasteiger partial charge in [-0.3, -0.25) is 10.1 Å². The molecule has 0 amide bonds. The van der Waals surface area contributed by atoms with Gasteiger partial charge in [-0.2, -0.15) is 0 Å². The van der Waals surface area contributed by atoms with Crippen LogP contribution in [0.15, 0.2) is 66.7 Å². The van der Waals surface area contributed by atoms with Gasteiger partial charge in [-0.15, -0.1) is 13.2 Å². The lowest BCUT2D eigenvalue weighted by atomic mass is 10.2. The first kappa shape index (κ1) is 19.8. The molecule has 0 saturated heterocycles. The third kappa shape index (κ3) is 5.28. The van der Waals surface area contributed by atoms with Crippen molar-refractivity contribution in [2.24, 2.45) is 0 Å². The fourth-order valence-electron chi connectivity index (χ4n) is 2.30. The molecule has 0 fully saturated rings. The first-order chi connectivity index (χ1) is 13.7. The van der Waals surface area contributed by atoms with Crippen LogP contribution in [0.1, 0.15) is 0 Å². The highest BCUT2D eigenvalue weighted by molar-refractivity contribution is 5.54. The van der Waals surface area contributed by atoms with Crippen LogP contribution in [0.4, 0.5) is 18.9 Å². The Morgan fingerprint density at radius 2 is 1.45 bits per heavy atom. The molecule has 0 bridgehead atoms. The fourth-order valence-corrected chi connectivity index (χ4v) is 2.30. The van der Waals surface area contributed by atoms with E-state index >= 15 is 0 Å². The summed E-state index contributed by atoms with van der Waals surface area (Å²) in [6.45, 7) is 0. The summed E-state index contributed by atoms with van der Waals surface area (Å²) in [6.07, 6.45) is -4.81. The summed E-state index contributed by atoms with van der Waals surface area (Å²) in [6, 6.07) is 14.2. The molecule has 1 N–H and O–H groups in total. The lowest BCUT2D eigenvalue weighted by Gasteiger charge is -2.11. The minimum Gasteiger partial charge on any atom is -0.504 e. The maximum atomic E-state index is 12.2. The van der Waals surface area contributed by atoms with E-state index in [0.29, 0.717) is 0 Å². The first-order valence-electron chi connectivity index (χ1n) is 7.99. The molecular formula is C19H12F3NO6. The summed E-state index contributed by atoms with van der Waals surface area (Å²) in [7, 11) is 0. The second-order valence-corrected chi connectivity index (χ2v) is 5.58. The number of benzene rings is 3. The number of phenolic OH excluding ortho intramolecular Hbond substituents is 1. The van der Waals surface area contributed by atoms with Gasteiger partial charge in [-0.1, -0.05) is 12.1 Å². The third-order valence-electron chi connectivity index (χ3n) is 3.51. The van der Waals surface area contributed by atoms with Gasteiger partial charge in [0.15, 0.2) is 11.5 Å². The monoisotopic (exact) mass is 407 g/mol. The molecule has 3 aromatic rings. The van der Waals surface area contributed by atoms with Crippen molar-refractivity contribution in [3.8, 4) is 34.5 Å². The number of hydrogen-bond donors (Lipinski definition) is 1. The number of rotatable bonds is 6. The van der Waals surface area contributed by atoms with Crippen LogP contribution in [-0.2, 0) is 0 Å². The maximum absolute atomic E-state index is 12.2. The van der Waals surface area contributed by atoms with Gasteiger partial charge >= 0.3 is 12.0 Å². The normalized spacial score (nSPS) is 11.0. The molecule has 0 unspecified atom stereocenters. The molecule has 0 aliphatic heterocycles. The number of para-hydroxylation sites is 2. The molecule has 7 nitrogen and oxygen atoms in total. The predicted molar refractivity (Wildman–Crippen MR) is 94.5 cm³/mol. The summed E-state index contributed by atoms with van der Waals surface area (Å²) in [5.41, 5.74) is -0.366. The number of alkyl halides is 3. The standard InChI is InChI=1S/C19H12F3NO6/c20-19(21,22)29-13-7-5-12(6-8-13)27-14-9-10-15(23(25)26)18(11-14)28-17-4-2-1-3-16(17)24/h1-11,24H. The van der Waals surface area contributed by atoms with Gasteiger partial charge < -0.3 is 19.3 Å². The zero-order valence-corrected chi connectivity index (χ0v) is 14.4. The average Bonchev–Trinajstić information content (AvgIpc) is 2.64. The van der Waals surface area contributed by atoms with Crippen LogP contribution in [0.5, 0.6) is 34.5 Å². The van der Waals surface area contributed by atoms with E-state index in [9.17, 15) is 28.4 Å². The zero-order chi connectivity index (χ0) is 21.0. The fraction of sp³-hybridized carbons (Fsp3) is 0.0526. The summed E-state index contributed by atoms with van der Waals surface area (Å²) in [5, 5.41) is 21.0. The number of nitrogens with zero attached hydrogens (tertiary/aromatic N) is 1. The van der Waals surface area contributed by atoms with E-state index < -0.39 is 17.0 Å². The highest BCUT2D eigenvalue weighted by Gasteiger charge is 2.31. The topological polar surface area (TPSA) is 91.1 Å². The quantitative estimate of drug-likeness (QED) is 0.411. The van der Waals surface area contributed by atoms with E-state index in [-0.39, 0.29) is 34.4 Å². The van der Waals surface area contributed by atoms with Crippen LogP contribution < -0.4 is 14.2 Å². The van der Waals surface area contributed by atoms with Gasteiger partial charge in [0.2, 0.25) is 5.75 Å². The Bertz CT molecular complexity index is 1020. The minimum atomic E-state index is -4.81. The van der Waals surface area contributed by atoms with Crippen molar-refractivity contribution in [1.82, 2.24) is 0 Å². The van der Waals surface area contributed by atoms with Crippen LogP contribution in [0.25, 0.3) is 0 Å². The Morgan fingerprint density at radius 3 is 2.07 bits per heavy atom. The van der Waals surface area contributed by atoms with Crippen molar-refractivity contribution >= 4 is 5.69 Å². The van der Waals surface area contributed by atoms with Crippen LogP contribution >= 0.6 is 0 Å². The lowest BCUT2D eigenvalue weighted by Crippen LogP contribution is -2.16. The van der Waals surface area contributed by atoms with Gasteiger partial charge in [0.05, 0.1) is 4.92 Å². The van der Waals surface area contributed by atoms with Crippen molar-refractivity contribution in [1.29, 1.82) is 0 Å². The molecule has 0 spiro atoms. The van der Waals surface area contributed by atoms with E-state index in [1.807, 2.05) is 0 Å². The highest BCUT2D eigenvalue weighted by atomic mass is 19.4. The number of hydrogen-bond acceptors (Lipinski definition) is 6. The van der Waals surface area contributed by atoms with Crippen LogP contribution in [-0.4, -0.2) is 16.4 Å². The molecule has 0 radical (unpaired) electrons. The van der Waals surface area contributed by atoms with Crippen LogP contribution in [0.2, 0.25) is 0 Å². The van der Waals surface area contributed by atoms with Crippen molar-refractivity contribution in [3.05, 3.63) is 76.8 Å². The highest BCUT2D eigenvalue weighted by Crippen LogP contribution is 2.38. The van der Waals surface area contributed by atoms with Crippen molar-refractivity contribution < 1.29 is 37.4 Å². The Balaban J connectivity index is 1.83. The molecule has 0 saturated carbocycles. The van der Waals surface area contributed by atoms with Crippen LogP contribution in [0.3, 0.4) is 0 Å². The molecule has 0 aromatic heterocycles. The number of nitro groups is 1. The Labute approximate surface area is 161 Å². The maximum Gasteiger partial charge on any atom is 0.573 e. The van der Waals surface area contributed by atoms with Gasteiger partial charge in [-0.25, -0.2) is 0 Å². The Kier molecular flexibility index (Phi) is 5.44. The van der Waals surface area contributed by atoms with Crippen molar-refractivity contribution in [3.63, 3.8) is 0 Å². The summed E-state index contributed by atoms with van der Waals surface area (Å²) in [4.78, 5) is 10.6. The minimum absolute atomic E-state index is 0.00130. The van der Waals surface area contributed by atoms with Gasteiger partial charge in [0.25, 0.3) is 0 Å². The van der Waals surface area contributed by atoms with Gasteiger partial charge in [0.1, 0.15) is 17.2 Å². The zero-order valence-electron chi connectivity index (χ0n) is 14.4. The Hall–Kier alpha value is -3.95. The van der Waals surface area contributed by atoms with Crippen molar-refractivity contribution in [2.75, 3.05) is 0 Å². The predicted octanol–water partition coefficient (Wildman–Crippen LogP) is 5.78. The molecule has 3 rings (SSSR count). The molecule has 10 heteroatoms. The van der Waals surface area contributed by atoms with E-state index in [1.54, 1.807) is 12.1 Å². The molecule has 0 aliphatic carbocycles. The number of halogens is 3. The summed E-state index contributed by atoms with van der Waals surface area (Å²) in [5.74, 6) is -0.523. The van der Waals surface area contributed by atoms with E-state index in [1.165, 1.54) is 36.4 Å². The molecular weight excluding hydrogens is 395 g/mol. The summed E-state index contributed by atoms with van der Waals surface area (Å²) < 4.78 is 51.3. The molecule has 0 atom stereocenters. The SMILES string of the molecule is O=[N+]([O-])c1ccc(Oc2ccc(OC(F)(F)F)cc2)cc1Oc1ccccc1O. The molecule has 29 heavy (non-hydrogen) atoms. The Morgan fingerprint density at radius 1 is 0.828 bits per heavy atom. The number of ether oxygens (including phenoxy) is 3. The second-order valence-electron chi connectivity index (χ2n) is 5.58. The van der Waals surface area contributed by atoms with E-state index in [2.05, 4.69) is 4.74 Å². The number of aromatic hydroxyl groups is 1. The third-order valence-corrected chi connectivity index (χ3v) is 3.51.